The second-order valence-electron chi connectivity index (χ2n) is 6.08. The van der Waals surface area contributed by atoms with Gasteiger partial charge >= 0.3 is 0 Å². The minimum absolute atomic E-state index is 0.960. The zero-order valence-corrected chi connectivity index (χ0v) is 13.3. The molecule has 0 bridgehead atoms. The summed E-state index contributed by atoms with van der Waals surface area (Å²) in [5.41, 5.74) is 0. The van der Waals surface area contributed by atoms with E-state index in [0.717, 1.165) is 11.7 Å². The fourth-order valence-corrected chi connectivity index (χ4v) is 3.10. The van der Waals surface area contributed by atoms with Gasteiger partial charge in [0.1, 0.15) is 0 Å². The van der Waals surface area contributed by atoms with E-state index in [1.807, 2.05) is 0 Å². The predicted octanol–water partition coefficient (Wildman–Crippen LogP) is 4.77. The quantitative estimate of drug-likeness (QED) is 0.467. The maximum absolute atomic E-state index is 4.25. The van der Waals surface area contributed by atoms with E-state index in [4.69, 9.17) is 0 Å². The molecular formula is C16H33NS. The molecule has 1 fully saturated rings. The Morgan fingerprint density at radius 2 is 1.56 bits per heavy atom. The average molecular weight is 272 g/mol. The maximum Gasteiger partial charge on any atom is -0.00162 e. The third-order valence-electron chi connectivity index (χ3n) is 4.24. The highest BCUT2D eigenvalue weighted by molar-refractivity contribution is 7.80. The molecule has 0 aromatic rings. The SMILES string of the molecule is CC1CCCN(CCCCCCCCCS)CC1. The summed E-state index contributed by atoms with van der Waals surface area (Å²) in [6.45, 7) is 6.47. The van der Waals surface area contributed by atoms with Crippen LogP contribution in [0.5, 0.6) is 0 Å². The predicted molar refractivity (Wildman–Crippen MR) is 85.6 cm³/mol. The van der Waals surface area contributed by atoms with Gasteiger partial charge in [-0.1, -0.05) is 39.0 Å². The van der Waals surface area contributed by atoms with Gasteiger partial charge < -0.3 is 4.90 Å². The highest BCUT2D eigenvalue weighted by atomic mass is 32.1. The second-order valence-corrected chi connectivity index (χ2v) is 6.52. The molecule has 0 amide bonds. The first-order valence-corrected chi connectivity index (χ1v) is 8.79. The summed E-state index contributed by atoms with van der Waals surface area (Å²) in [6, 6.07) is 0. The van der Waals surface area contributed by atoms with Gasteiger partial charge in [0.05, 0.1) is 0 Å². The van der Waals surface area contributed by atoms with Crippen molar-refractivity contribution >= 4 is 12.6 Å². The van der Waals surface area contributed by atoms with Crippen molar-refractivity contribution in [2.45, 2.75) is 71.1 Å². The van der Waals surface area contributed by atoms with Gasteiger partial charge in [-0.15, -0.1) is 0 Å². The topological polar surface area (TPSA) is 3.24 Å². The molecule has 0 aliphatic carbocycles. The lowest BCUT2D eigenvalue weighted by atomic mass is 10.0. The molecule has 18 heavy (non-hydrogen) atoms. The molecule has 2 heteroatoms. The Morgan fingerprint density at radius 3 is 2.28 bits per heavy atom. The molecule has 0 saturated carbocycles. The van der Waals surface area contributed by atoms with Crippen LogP contribution >= 0.6 is 12.6 Å². The summed E-state index contributed by atoms with van der Waals surface area (Å²) < 4.78 is 0. The fraction of sp³-hybridized carbons (Fsp3) is 1.00. The first-order chi connectivity index (χ1) is 8.83. The molecule has 0 radical (unpaired) electrons. The van der Waals surface area contributed by atoms with E-state index in [-0.39, 0.29) is 0 Å². The highest BCUT2D eigenvalue weighted by Crippen LogP contribution is 2.17. The third kappa shape index (κ3) is 8.42. The van der Waals surface area contributed by atoms with Gasteiger partial charge in [0.2, 0.25) is 0 Å². The van der Waals surface area contributed by atoms with Crippen LogP contribution in [-0.4, -0.2) is 30.3 Å². The summed E-state index contributed by atoms with van der Waals surface area (Å²) in [5, 5.41) is 0. The number of nitrogens with zero attached hydrogens (tertiary/aromatic N) is 1. The molecule has 1 aliphatic heterocycles. The van der Waals surface area contributed by atoms with Crippen LogP contribution in [-0.2, 0) is 0 Å². The Hall–Kier alpha value is 0.310. The van der Waals surface area contributed by atoms with Crippen molar-refractivity contribution in [2.75, 3.05) is 25.4 Å². The molecule has 1 aliphatic rings. The van der Waals surface area contributed by atoms with Crippen LogP contribution in [0.3, 0.4) is 0 Å². The van der Waals surface area contributed by atoms with Crippen molar-refractivity contribution in [3.8, 4) is 0 Å². The van der Waals surface area contributed by atoms with Crippen molar-refractivity contribution in [1.29, 1.82) is 0 Å². The van der Waals surface area contributed by atoms with Gasteiger partial charge in [-0.05, 0) is 63.4 Å². The van der Waals surface area contributed by atoms with E-state index in [0.29, 0.717) is 0 Å². The number of hydrogen-bond acceptors (Lipinski definition) is 2. The van der Waals surface area contributed by atoms with Gasteiger partial charge in [-0.3, -0.25) is 0 Å². The summed E-state index contributed by atoms with van der Waals surface area (Å²) >= 11 is 4.25. The molecule has 1 atom stereocenters. The van der Waals surface area contributed by atoms with Crippen molar-refractivity contribution in [2.24, 2.45) is 5.92 Å². The first kappa shape index (κ1) is 16.4. The van der Waals surface area contributed by atoms with E-state index in [9.17, 15) is 0 Å². The molecular weight excluding hydrogens is 238 g/mol. The Kier molecular flexibility index (Phi) is 10.1. The molecule has 1 nitrogen and oxygen atoms in total. The first-order valence-electron chi connectivity index (χ1n) is 8.16. The fourth-order valence-electron chi connectivity index (χ4n) is 2.88. The molecule has 1 heterocycles. The molecule has 108 valence electrons. The Labute approximate surface area is 120 Å². The van der Waals surface area contributed by atoms with Crippen LogP contribution in [0.4, 0.5) is 0 Å². The monoisotopic (exact) mass is 271 g/mol. The number of hydrogen-bond donors (Lipinski definition) is 1. The zero-order valence-electron chi connectivity index (χ0n) is 12.4. The van der Waals surface area contributed by atoms with Gasteiger partial charge in [0.15, 0.2) is 0 Å². The molecule has 0 aromatic carbocycles. The standard InChI is InChI=1S/C16H33NS/c1-16-10-9-13-17(14-11-16)12-7-5-3-2-4-6-8-15-18/h16,18H,2-15H2,1H3. The van der Waals surface area contributed by atoms with Crippen LogP contribution in [0.25, 0.3) is 0 Å². The number of rotatable bonds is 9. The summed E-state index contributed by atoms with van der Waals surface area (Å²) in [7, 11) is 0. The minimum atomic E-state index is 0.960. The maximum atomic E-state index is 4.25. The largest absolute Gasteiger partial charge is 0.303 e. The Balaban J connectivity index is 1.88. The van der Waals surface area contributed by atoms with Crippen LogP contribution in [0.2, 0.25) is 0 Å². The average Bonchev–Trinajstić information content (AvgIpc) is 2.58. The normalized spacial score (nSPS) is 22.0. The Bertz CT molecular complexity index is 184. The highest BCUT2D eigenvalue weighted by Gasteiger charge is 2.12. The van der Waals surface area contributed by atoms with Gasteiger partial charge in [-0.2, -0.15) is 12.6 Å². The molecule has 0 aromatic heterocycles. The van der Waals surface area contributed by atoms with E-state index in [2.05, 4.69) is 24.5 Å². The van der Waals surface area contributed by atoms with Crippen molar-refractivity contribution in [1.82, 2.24) is 4.90 Å². The summed E-state index contributed by atoms with van der Waals surface area (Å²) in [5.74, 6) is 2.02. The lowest BCUT2D eigenvalue weighted by Crippen LogP contribution is -2.25. The summed E-state index contributed by atoms with van der Waals surface area (Å²) in [6.07, 6.45) is 14.1. The third-order valence-corrected chi connectivity index (χ3v) is 4.56. The zero-order chi connectivity index (χ0) is 13.1. The van der Waals surface area contributed by atoms with E-state index >= 15 is 0 Å². The molecule has 1 unspecified atom stereocenters. The molecule has 1 saturated heterocycles. The number of thiol groups is 1. The van der Waals surface area contributed by atoms with E-state index in [1.54, 1.807) is 0 Å². The van der Waals surface area contributed by atoms with Crippen LogP contribution in [0, 0.1) is 5.92 Å². The lowest BCUT2D eigenvalue weighted by Gasteiger charge is -2.19. The Morgan fingerprint density at radius 1 is 0.889 bits per heavy atom. The van der Waals surface area contributed by atoms with E-state index in [1.165, 1.54) is 83.8 Å². The molecule has 0 spiro atoms. The number of unbranched alkanes of at least 4 members (excludes halogenated alkanes) is 6. The van der Waals surface area contributed by atoms with Gasteiger partial charge in [0, 0.05) is 0 Å². The van der Waals surface area contributed by atoms with Crippen LogP contribution < -0.4 is 0 Å². The smallest absolute Gasteiger partial charge is 0.00162 e. The lowest BCUT2D eigenvalue weighted by molar-refractivity contribution is 0.274. The van der Waals surface area contributed by atoms with Crippen LogP contribution in [0.1, 0.15) is 71.1 Å². The number of likely N-dealkylation sites (tertiary alicyclic amines) is 1. The molecule has 1 rings (SSSR count). The minimum Gasteiger partial charge on any atom is -0.303 e. The van der Waals surface area contributed by atoms with Gasteiger partial charge in [0.25, 0.3) is 0 Å². The summed E-state index contributed by atoms with van der Waals surface area (Å²) in [4.78, 5) is 2.70. The molecule has 0 N–H and O–H groups in total. The van der Waals surface area contributed by atoms with Crippen molar-refractivity contribution in [3.05, 3.63) is 0 Å². The second kappa shape index (κ2) is 11.2. The van der Waals surface area contributed by atoms with Crippen LogP contribution in [0.15, 0.2) is 0 Å². The van der Waals surface area contributed by atoms with E-state index < -0.39 is 0 Å². The van der Waals surface area contributed by atoms with Gasteiger partial charge in [-0.25, -0.2) is 0 Å². The van der Waals surface area contributed by atoms with Crippen molar-refractivity contribution in [3.63, 3.8) is 0 Å². The van der Waals surface area contributed by atoms with Crippen molar-refractivity contribution < 1.29 is 0 Å².